The van der Waals surface area contributed by atoms with Crippen LogP contribution in [0.1, 0.15) is 30.0 Å². The largest absolute Gasteiger partial charge is 0.419 e. The molecule has 0 unspecified atom stereocenters. The lowest BCUT2D eigenvalue weighted by molar-refractivity contribution is -0.140. The fraction of sp³-hybridized carbons (Fsp3) is 0.455. The van der Waals surface area contributed by atoms with Gasteiger partial charge in [0.15, 0.2) is 0 Å². The van der Waals surface area contributed by atoms with Crippen LogP contribution in [0.4, 0.5) is 17.6 Å². The molecule has 1 aromatic rings. The van der Waals surface area contributed by atoms with Crippen LogP contribution in [0.2, 0.25) is 0 Å². The van der Waals surface area contributed by atoms with Crippen LogP contribution in [0, 0.1) is 5.82 Å². The van der Waals surface area contributed by atoms with Gasteiger partial charge in [-0.1, -0.05) is 6.07 Å². The van der Waals surface area contributed by atoms with E-state index in [9.17, 15) is 17.6 Å². The molecule has 0 aliphatic carbocycles. The molecule has 1 aromatic carbocycles. The van der Waals surface area contributed by atoms with Crippen LogP contribution in [-0.2, 0) is 6.18 Å². The molecule has 1 aliphatic heterocycles. The van der Waals surface area contributed by atoms with Gasteiger partial charge >= 0.3 is 6.18 Å². The first-order valence-corrected chi connectivity index (χ1v) is 5.08. The maximum atomic E-state index is 13.0. The highest BCUT2D eigenvalue weighted by atomic mass is 35.5. The number of hydrogen-bond donors (Lipinski definition) is 1. The van der Waals surface area contributed by atoms with Crippen molar-refractivity contribution in [3.05, 3.63) is 35.1 Å². The molecular weight excluding hydrogens is 258 g/mol. The number of halogens is 5. The molecule has 0 bridgehead atoms. The van der Waals surface area contributed by atoms with Crippen LogP contribution in [0.15, 0.2) is 18.2 Å². The molecule has 1 aliphatic rings. The van der Waals surface area contributed by atoms with Crippen LogP contribution in [-0.4, -0.2) is 6.54 Å². The monoisotopic (exact) mass is 269 g/mol. The van der Waals surface area contributed by atoms with Gasteiger partial charge in [0, 0.05) is 6.04 Å². The summed E-state index contributed by atoms with van der Waals surface area (Å²) in [4.78, 5) is 0. The van der Waals surface area contributed by atoms with Crippen molar-refractivity contribution in [3.63, 3.8) is 0 Å². The summed E-state index contributed by atoms with van der Waals surface area (Å²) in [7, 11) is 0. The first-order chi connectivity index (χ1) is 7.48. The second-order valence-electron chi connectivity index (χ2n) is 3.89. The van der Waals surface area contributed by atoms with Gasteiger partial charge in [-0.15, -0.1) is 12.4 Å². The van der Waals surface area contributed by atoms with Gasteiger partial charge in [-0.25, -0.2) is 4.39 Å². The average molecular weight is 270 g/mol. The fourth-order valence-electron chi connectivity index (χ4n) is 1.95. The Hall–Kier alpha value is -0.810. The predicted molar refractivity (Wildman–Crippen MR) is 58.6 cm³/mol. The van der Waals surface area contributed by atoms with E-state index >= 15 is 0 Å². The third kappa shape index (κ3) is 3.10. The van der Waals surface area contributed by atoms with Gasteiger partial charge in [0.25, 0.3) is 0 Å². The highest BCUT2D eigenvalue weighted by Crippen LogP contribution is 2.34. The van der Waals surface area contributed by atoms with Crippen molar-refractivity contribution < 1.29 is 17.6 Å². The molecule has 0 spiro atoms. The molecule has 1 fully saturated rings. The van der Waals surface area contributed by atoms with Crippen LogP contribution in [0.3, 0.4) is 0 Å². The molecule has 6 heteroatoms. The number of rotatable bonds is 1. The second-order valence-corrected chi connectivity index (χ2v) is 3.89. The summed E-state index contributed by atoms with van der Waals surface area (Å²) in [5.41, 5.74) is -0.676. The Morgan fingerprint density at radius 1 is 1.24 bits per heavy atom. The quantitative estimate of drug-likeness (QED) is 0.767. The van der Waals surface area contributed by atoms with Crippen molar-refractivity contribution in [1.82, 2.24) is 5.32 Å². The van der Waals surface area contributed by atoms with Gasteiger partial charge < -0.3 is 5.32 Å². The van der Waals surface area contributed by atoms with E-state index in [4.69, 9.17) is 0 Å². The lowest BCUT2D eigenvalue weighted by Gasteiger charge is -2.14. The summed E-state index contributed by atoms with van der Waals surface area (Å²) in [5.74, 6) is -1.21. The SMILES string of the molecule is Cl.Fc1ccc([C@H]2CCCN2)cc1C(F)(F)F. The van der Waals surface area contributed by atoms with E-state index in [2.05, 4.69) is 5.32 Å². The normalized spacial score (nSPS) is 20.1. The van der Waals surface area contributed by atoms with Crippen molar-refractivity contribution >= 4 is 12.4 Å². The average Bonchev–Trinajstić information content (AvgIpc) is 2.69. The molecule has 1 nitrogen and oxygen atoms in total. The summed E-state index contributed by atoms with van der Waals surface area (Å²) in [6, 6.07) is 3.12. The second kappa shape index (κ2) is 5.23. The minimum atomic E-state index is -4.63. The number of nitrogens with one attached hydrogen (secondary N) is 1. The van der Waals surface area contributed by atoms with Crippen molar-refractivity contribution in [1.29, 1.82) is 0 Å². The van der Waals surface area contributed by atoms with Crippen molar-refractivity contribution in [3.8, 4) is 0 Å². The molecular formula is C11H12ClF4N. The van der Waals surface area contributed by atoms with E-state index < -0.39 is 17.6 Å². The molecule has 1 saturated heterocycles. The minimum absolute atomic E-state index is 0. The molecule has 0 amide bonds. The number of hydrogen-bond acceptors (Lipinski definition) is 1. The summed E-state index contributed by atoms with van der Waals surface area (Å²) < 4.78 is 50.4. The smallest absolute Gasteiger partial charge is 0.310 e. The first-order valence-electron chi connectivity index (χ1n) is 5.08. The van der Waals surface area contributed by atoms with Crippen LogP contribution in [0.5, 0.6) is 0 Å². The predicted octanol–water partition coefficient (Wildman–Crippen LogP) is 3.69. The zero-order valence-electron chi connectivity index (χ0n) is 8.85. The van der Waals surface area contributed by atoms with Crippen molar-refractivity contribution in [2.24, 2.45) is 0 Å². The van der Waals surface area contributed by atoms with Gasteiger partial charge in [-0.05, 0) is 37.1 Å². The van der Waals surface area contributed by atoms with Crippen LogP contribution in [0.25, 0.3) is 0 Å². The Labute approximate surface area is 103 Å². The van der Waals surface area contributed by atoms with E-state index in [0.717, 1.165) is 31.5 Å². The molecule has 1 heterocycles. The first kappa shape index (κ1) is 14.3. The minimum Gasteiger partial charge on any atom is -0.310 e. The summed E-state index contributed by atoms with van der Waals surface area (Å²) in [6.45, 7) is 0.795. The summed E-state index contributed by atoms with van der Waals surface area (Å²) in [5, 5.41) is 3.08. The number of alkyl halides is 3. The molecule has 0 radical (unpaired) electrons. The molecule has 1 atom stereocenters. The Kier molecular flexibility index (Phi) is 4.38. The van der Waals surface area contributed by atoms with Crippen LogP contribution >= 0.6 is 12.4 Å². The molecule has 0 saturated carbocycles. The van der Waals surface area contributed by atoms with E-state index in [1.807, 2.05) is 0 Å². The summed E-state index contributed by atoms with van der Waals surface area (Å²) in [6.07, 6.45) is -2.90. The lowest BCUT2D eigenvalue weighted by atomic mass is 10.0. The third-order valence-corrected chi connectivity index (χ3v) is 2.76. The fourth-order valence-corrected chi connectivity index (χ4v) is 1.95. The Balaban J connectivity index is 0.00000144. The zero-order valence-corrected chi connectivity index (χ0v) is 9.67. The van der Waals surface area contributed by atoms with E-state index in [-0.39, 0.29) is 18.4 Å². The van der Waals surface area contributed by atoms with E-state index in [1.165, 1.54) is 6.07 Å². The van der Waals surface area contributed by atoms with Crippen molar-refractivity contribution in [2.75, 3.05) is 6.54 Å². The third-order valence-electron chi connectivity index (χ3n) is 2.76. The van der Waals surface area contributed by atoms with E-state index in [1.54, 1.807) is 0 Å². The Morgan fingerprint density at radius 2 is 1.94 bits per heavy atom. The topological polar surface area (TPSA) is 12.0 Å². The maximum absolute atomic E-state index is 13.0. The molecule has 0 aromatic heterocycles. The van der Waals surface area contributed by atoms with Crippen LogP contribution < -0.4 is 5.32 Å². The van der Waals surface area contributed by atoms with Gasteiger partial charge in [-0.3, -0.25) is 0 Å². The van der Waals surface area contributed by atoms with Gasteiger partial charge in [0.05, 0.1) is 5.56 Å². The lowest BCUT2D eigenvalue weighted by Crippen LogP contribution is -2.15. The Bertz CT molecular complexity index is 386. The standard InChI is InChI=1S/C11H11F4N.ClH/c12-9-4-3-7(10-2-1-5-16-10)6-8(9)11(13,14)15;/h3-4,6,10,16H,1-2,5H2;1H/t10-;/m1./s1. The zero-order chi connectivity index (χ0) is 11.8. The van der Waals surface area contributed by atoms with Gasteiger partial charge in [-0.2, -0.15) is 13.2 Å². The highest BCUT2D eigenvalue weighted by Gasteiger charge is 2.34. The maximum Gasteiger partial charge on any atom is 0.419 e. The van der Waals surface area contributed by atoms with Gasteiger partial charge in [0.2, 0.25) is 0 Å². The van der Waals surface area contributed by atoms with Crippen molar-refractivity contribution in [2.45, 2.75) is 25.1 Å². The van der Waals surface area contributed by atoms with Gasteiger partial charge in [0.1, 0.15) is 5.82 Å². The molecule has 2 rings (SSSR count). The highest BCUT2D eigenvalue weighted by molar-refractivity contribution is 5.85. The molecule has 96 valence electrons. The number of benzene rings is 1. The summed E-state index contributed by atoms with van der Waals surface area (Å²) >= 11 is 0. The molecule has 17 heavy (non-hydrogen) atoms. The Morgan fingerprint density at radius 3 is 2.47 bits per heavy atom. The molecule has 1 N–H and O–H groups in total. The van der Waals surface area contributed by atoms with E-state index in [0.29, 0.717) is 5.56 Å².